The SMILES string of the molecule is CCCNC(COC(C)(C)C)c1cc2cccc(Cl)c2o1. The molecule has 1 N–H and O–H groups in total. The molecule has 116 valence electrons. The lowest BCUT2D eigenvalue weighted by Crippen LogP contribution is -2.30. The highest BCUT2D eigenvalue weighted by molar-refractivity contribution is 6.34. The fourth-order valence-electron chi connectivity index (χ4n) is 2.11. The van der Waals surface area contributed by atoms with Gasteiger partial charge in [-0.25, -0.2) is 0 Å². The second kappa shape index (κ2) is 6.82. The molecule has 0 fully saturated rings. The van der Waals surface area contributed by atoms with Gasteiger partial charge in [0.15, 0.2) is 5.58 Å². The van der Waals surface area contributed by atoms with Crippen LogP contribution >= 0.6 is 11.6 Å². The molecule has 2 aromatic rings. The third-order valence-electron chi connectivity index (χ3n) is 3.18. The van der Waals surface area contributed by atoms with E-state index in [1.807, 2.05) is 24.3 Å². The molecule has 0 aliphatic rings. The zero-order valence-electron chi connectivity index (χ0n) is 13.2. The van der Waals surface area contributed by atoms with Gasteiger partial charge in [-0.15, -0.1) is 0 Å². The lowest BCUT2D eigenvalue weighted by molar-refractivity contribution is -0.0170. The molecule has 21 heavy (non-hydrogen) atoms. The lowest BCUT2D eigenvalue weighted by atomic mass is 10.1. The van der Waals surface area contributed by atoms with Crippen molar-refractivity contribution < 1.29 is 9.15 Å². The quantitative estimate of drug-likeness (QED) is 0.820. The van der Waals surface area contributed by atoms with Gasteiger partial charge in [0.1, 0.15) is 5.76 Å². The summed E-state index contributed by atoms with van der Waals surface area (Å²) in [7, 11) is 0. The third kappa shape index (κ3) is 4.47. The average Bonchev–Trinajstić information content (AvgIpc) is 2.83. The van der Waals surface area contributed by atoms with Gasteiger partial charge in [0.25, 0.3) is 0 Å². The summed E-state index contributed by atoms with van der Waals surface area (Å²) < 4.78 is 11.9. The average molecular weight is 310 g/mol. The second-order valence-corrected chi connectivity index (χ2v) is 6.64. The number of ether oxygens (including phenoxy) is 1. The Bertz CT molecular complexity index is 586. The van der Waals surface area contributed by atoms with Crippen LogP contribution in [0.3, 0.4) is 0 Å². The van der Waals surface area contributed by atoms with E-state index in [2.05, 4.69) is 33.0 Å². The van der Waals surface area contributed by atoms with Crippen LogP contribution in [-0.4, -0.2) is 18.8 Å². The van der Waals surface area contributed by atoms with Gasteiger partial charge in [-0.05, 0) is 45.9 Å². The van der Waals surface area contributed by atoms with Crippen LogP contribution in [-0.2, 0) is 4.74 Å². The van der Waals surface area contributed by atoms with Crippen LogP contribution in [0.25, 0.3) is 11.0 Å². The van der Waals surface area contributed by atoms with Gasteiger partial charge in [0.05, 0.1) is 23.3 Å². The van der Waals surface area contributed by atoms with E-state index in [9.17, 15) is 0 Å². The Morgan fingerprint density at radius 2 is 2.10 bits per heavy atom. The molecular formula is C17H24ClNO2. The molecule has 0 amide bonds. The topological polar surface area (TPSA) is 34.4 Å². The van der Waals surface area contributed by atoms with Gasteiger partial charge in [-0.1, -0.05) is 30.7 Å². The molecule has 0 saturated heterocycles. The number of hydrogen-bond donors (Lipinski definition) is 1. The minimum atomic E-state index is -0.171. The van der Waals surface area contributed by atoms with Gasteiger partial charge in [0.2, 0.25) is 0 Å². The van der Waals surface area contributed by atoms with Gasteiger partial charge < -0.3 is 14.5 Å². The summed E-state index contributed by atoms with van der Waals surface area (Å²) in [6.45, 7) is 9.80. The standard InChI is InChI=1S/C17H24ClNO2/c1-5-9-19-14(11-20-17(2,3)4)15-10-12-7-6-8-13(18)16(12)21-15/h6-8,10,14,19H,5,9,11H2,1-4H3. The minimum Gasteiger partial charge on any atom is -0.458 e. The van der Waals surface area contributed by atoms with Crippen molar-refractivity contribution in [1.29, 1.82) is 0 Å². The first-order valence-electron chi connectivity index (χ1n) is 7.46. The molecule has 1 atom stereocenters. The summed E-state index contributed by atoms with van der Waals surface area (Å²) in [5.74, 6) is 0.871. The fraction of sp³-hybridized carbons (Fsp3) is 0.529. The highest BCUT2D eigenvalue weighted by Gasteiger charge is 2.20. The van der Waals surface area contributed by atoms with Gasteiger partial charge in [0, 0.05) is 5.39 Å². The molecule has 1 heterocycles. The van der Waals surface area contributed by atoms with Crippen LogP contribution in [0.2, 0.25) is 5.02 Å². The van der Waals surface area contributed by atoms with E-state index in [4.69, 9.17) is 20.8 Å². The molecule has 1 unspecified atom stereocenters. The lowest BCUT2D eigenvalue weighted by Gasteiger charge is -2.24. The highest BCUT2D eigenvalue weighted by Crippen LogP contribution is 2.30. The van der Waals surface area contributed by atoms with Crippen LogP contribution in [0.4, 0.5) is 0 Å². The normalized spacial score (nSPS) is 13.8. The molecule has 0 spiro atoms. The van der Waals surface area contributed by atoms with Crippen molar-refractivity contribution in [3.05, 3.63) is 35.0 Å². The van der Waals surface area contributed by atoms with Crippen LogP contribution in [0.1, 0.15) is 45.9 Å². The minimum absolute atomic E-state index is 0.0349. The van der Waals surface area contributed by atoms with E-state index in [1.165, 1.54) is 0 Å². The van der Waals surface area contributed by atoms with Crippen LogP contribution in [0.15, 0.2) is 28.7 Å². The molecule has 0 saturated carbocycles. The molecule has 0 bridgehead atoms. The third-order valence-corrected chi connectivity index (χ3v) is 3.48. The Balaban J connectivity index is 2.23. The molecule has 4 heteroatoms. The zero-order valence-corrected chi connectivity index (χ0v) is 14.0. The smallest absolute Gasteiger partial charge is 0.152 e. The molecule has 1 aromatic heterocycles. The van der Waals surface area contributed by atoms with Crippen molar-refractivity contribution in [2.45, 2.75) is 45.8 Å². The predicted molar refractivity (Wildman–Crippen MR) is 88.0 cm³/mol. The van der Waals surface area contributed by atoms with E-state index in [1.54, 1.807) is 0 Å². The molecule has 3 nitrogen and oxygen atoms in total. The molecular weight excluding hydrogens is 286 g/mol. The van der Waals surface area contributed by atoms with E-state index >= 15 is 0 Å². The van der Waals surface area contributed by atoms with Crippen molar-refractivity contribution in [3.8, 4) is 0 Å². The van der Waals surface area contributed by atoms with Crippen LogP contribution < -0.4 is 5.32 Å². The van der Waals surface area contributed by atoms with E-state index in [-0.39, 0.29) is 11.6 Å². The number of furan rings is 1. The maximum absolute atomic E-state index is 6.18. The first-order chi connectivity index (χ1) is 9.90. The van der Waals surface area contributed by atoms with Gasteiger partial charge in [-0.3, -0.25) is 0 Å². The summed E-state index contributed by atoms with van der Waals surface area (Å²) in [5, 5.41) is 5.14. The number of rotatable bonds is 6. The van der Waals surface area contributed by atoms with Crippen molar-refractivity contribution in [2.24, 2.45) is 0 Å². The van der Waals surface area contributed by atoms with E-state index < -0.39 is 0 Å². The summed E-state index contributed by atoms with van der Waals surface area (Å²) in [6.07, 6.45) is 1.06. The largest absolute Gasteiger partial charge is 0.458 e. The van der Waals surface area contributed by atoms with Gasteiger partial charge >= 0.3 is 0 Å². The molecule has 2 rings (SSSR count). The van der Waals surface area contributed by atoms with Crippen molar-refractivity contribution in [1.82, 2.24) is 5.32 Å². The summed E-state index contributed by atoms with van der Waals surface area (Å²) in [4.78, 5) is 0. The first kappa shape index (κ1) is 16.3. The van der Waals surface area contributed by atoms with Crippen molar-refractivity contribution >= 4 is 22.6 Å². The number of nitrogens with one attached hydrogen (secondary N) is 1. The van der Waals surface area contributed by atoms with Crippen LogP contribution in [0, 0.1) is 0 Å². The van der Waals surface area contributed by atoms with Crippen LogP contribution in [0.5, 0.6) is 0 Å². The molecule has 0 radical (unpaired) electrons. The van der Waals surface area contributed by atoms with Crippen molar-refractivity contribution in [2.75, 3.05) is 13.2 Å². The predicted octanol–water partition coefficient (Wildman–Crippen LogP) is 4.94. The Labute approximate surface area is 131 Å². The molecule has 0 aliphatic carbocycles. The highest BCUT2D eigenvalue weighted by atomic mass is 35.5. The van der Waals surface area contributed by atoms with E-state index in [0.29, 0.717) is 11.6 Å². The van der Waals surface area contributed by atoms with Crippen molar-refractivity contribution in [3.63, 3.8) is 0 Å². The Morgan fingerprint density at radius 3 is 2.71 bits per heavy atom. The van der Waals surface area contributed by atoms with Gasteiger partial charge in [-0.2, -0.15) is 0 Å². The Hall–Kier alpha value is -1.03. The maximum Gasteiger partial charge on any atom is 0.152 e. The number of para-hydroxylation sites is 1. The first-order valence-corrected chi connectivity index (χ1v) is 7.84. The summed E-state index contributed by atoms with van der Waals surface area (Å²) in [5.41, 5.74) is 0.573. The molecule has 0 aliphatic heterocycles. The fourth-order valence-corrected chi connectivity index (χ4v) is 2.33. The Morgan fingerprint density at radius 1 is 1.33 bits per heavy atom. The molecule has 1 aromatic carbocycles. The number of fused-ring (bicyclic) bond motifs is 1. The summed E-state index contributed by atoms with van der Waals surface area (Å²) >= 11 is 6.18. The number of halogens is 1. The zero-order chi connectivity index (χ0) is 15.5. The monoisotopic (exact) mass is 309 g/mol. The van der Waals surface area contributed by atoms with E-state index in [0.717, 1.165) is 29.7 Å². The number of benzene rings is 1. The number of hydrogen-bond acceptors (Lipinski definition) is 3. The Kier molecular flexibility index (Phi) is 5.31. The second-order valence-electron chi connectivity index (χ2n) is 6.24. The summed E-state index contributed by atoms with van der Waals surface area (Å²) in [6, 6.07) is 7.87. The maximum atomic E-state index is 6.18.